The number of hydrogen-bond donors (Lipinski definition) is 7. The summed E-state index contributed by atoms with van der Waals surface area (Å²) in [5.41, 5.74) is 3.83. The summed E-state index contributed by atoms with van der Waals surface area (Å²) in [5.74, 6) is 0.0645. The van der Waals surface area contributed by atoms with Crippen LogP contribution in [0.15, 0.2) is 0 Å². The minimum Gasteiger partial charge on any atom is -0.467 e. The number of carbonyl (C=O) groups is 6. The molecule has 7 amide bonds. The van der Waals surface area contributed by atoms with Crippen molar-refractivity contribution in [2.75, 3.05) is 26.7 Å². The number of hydrogen-bond acceptors (Lipinski definition) is 9. The van der Waals surface area contributed by atoms with Crippen molar-refractivity contribution < 1.29 is 38.6 Å². The number of nitrogens with two attached hydrogens (primary N) is 1. The van der Waals surface area contributed by atoms with Crippen LogP contribution in [0.1, 0.15) is 136 Å². The molecule has 5 aliphatic rings. The summed E-state index contributed by atoms with van der Waals surface area (Å²) in [6.07, 6.45) is 3.25. The number of carbonyl (C=O) groups excluding carboxylic acids is 6. The molecule has 0 radical (unpaired) electrons. The van der Waals surface area contributed by atoms with Crippen LogP contribution in [0.4, 0.5) is 9.59 Å². The van der Waals surface area contributed by atoms with E-state index in [1.165, 1.54) is 13.5 Å². The highest BCUT2D eigenvalue weighted by atomic mass is 16.5. The highest BCUT2D eigenvalue weighted by Crippen LogP contribution is 2.66. The fourth-order valence-electron chi connectivity index (χ4n) is 10.2. The van der Waals surface area contributed by atoms with E-state index in [0.29, 0.717) is 25.4 Å². The third-order valence-corrected chi connectivity index (χ3v) is 14.3. The van der Waals surface area contributed by atoms with E-state index in [1.54, 1.807) is 9.80 Å². The van der Waals surface area contributed by atoms with E-state index in [2.05, 4.69) is 54.3 Å². The van der Waals surface area contributed by atoms with Gasteiger partial charge in [-0.1, -0.05) is 88.5 Å². The standard InChI is InChI=1S/C27H49N5O4.C20H35N3O4/c1-25(2,3)21(30-24(36)31-26(4,5)6)23(35)32-14-16-19(27(16,7)8)20(32)22(34)29-17(18(33)13-28)12-15-10-9-11-15;1-18(2,3)14(21-17(26)22-19(4,5)6)15(24)23-10-11-12(20(11,7)8)13(23)16(25)27-9/h15-21,33H,9-14,28H2,1-8H3,(H,29,34)(H2,30,31,36);11-14H,10H2,1-9H3,(H2,21,22,26)/t16?,17?,18?,19?,20-,21+;11?,12?,13-,14+/m00/s1. The molecule has 2 saturated heterocycles. The molecule has 0 spiro atoms. The molecular weight excluding hydrogens is 805 g/mol. The molecule has 2 heterocycles. The number of rotatable bonds is 11. The number of nitrogens with zero attached hydrogens (tertiary/aromatic N) is 2. The second-order valence-corrected chi connectivity index (χ2v) is 24.5. The quantitative estimate of drug-likeness (QED) is 0.148. The van der Waals surface area contributed by atoms with Crippen molar-refractivity contribution >= 4 is 35.8 Å². The van der Waals surface area contributed by atoms with Crippen LogP contribution in [0.3, 0.4) is 0 Å². The first kappa shape index (κ1) is 52.0. The number of ether oxygens (including phenoxy) is 1. The zero-order chi connectivity index (χ0) is 48.2. The number of nitrogens with one attached hydrogen (secondary N) is 5. The van der Waals surface area contributed by atoms with Crippen LogP contribution < -0.4 is 32.3 Å². The SMILES string of the molecule is CC(C)(C)NC(=O)N[C@H](C(=O)N1CC2C([C@H]1C(=O)NC(CC1CCC1)C(O)CN)C2(C)C)C(C)(C)C.COC(=O)[C@@H]1C2C(CN1C(=O)[C@@H](NC(=O)NC(C)(C)C)C(C)(C)C)C2(C)C. The van der Waals surface area contributed by atoms with Crippen LogP contribution in [-0.4, -0.2) is 125 Å². The summed E-state index contributed by atoms with van der Waals surface area (Å²) in [7, 11) is 1.35. The van der Waals surface area contributed by atoms with Gasteiger partial charge in [0.25, 0.3) is 0 Å². The Hall–Kier alpha value is -3.66. The minimum absolute atomic E-state index is 0.0317. The van der Waals surface area contributed by atoms with E-state index in [0.717, 1.165) is 12.8 Å². The summed E-state index contributed by atoms with van der Waals surface area (Å²) in [4.78, 5) is 81.8. The van der Waals surface area contributed by atoms with Gasteiger partial charge in [-0.05, 0) is 93.3 Å². The van der Waals surface area contributed by atoms with E-state index >= 15 is 0 Å². The van der Waals surface area contributed by atoms with Crippen LogP contribution in [0.25, 0.3) is 0 Å². The lowest BCUT2D eigenvalue weighted by Gasteiger charge is -2.39. The molecular formula is C47H84N8O8. The van der Waals surface area contributed by atoms with Crippen LogP contribution in [-0.2, 0) is 23.9 Å². The first-order chi connectivity index (χ1) is 28.6. The summed E-state index contributed by atoms with van der Waals surface area (Å²) in [6, 6.07) is -3.99. The van der Waals surface area contributed by atoms with Gasteiger partial charge in [0.05, 0.1) is 19.3 Å². The fraction of sp³-hybridized carbons (Fsp3) is 0.872. The van der Waals surface area contributed by atoms with Crippen molar-refractivity contribution in [1.82, 2.24) is 36.4 Å². The number of aliphatic hydroxyl groups is 1. The number of amides is 7. The molecule has 63 heavy (non-hydrogen) atoms. The molecule has 0 aromatic heterocycles. The molecule has 3 aliphatic carbocycles. The first-order valence-electron chi connectivity index (χ1n) is 23.1. The van der Waals surface area contributed by atoms with Gasteiger partial charge in [-0.25, -0.2) is 14.4 Å². The lowest BCUT2D eigenvalue weighted by molar-refractivity contribution is -0.154. The highest BCUT2D eigenvalue weighted by molar-refractivity contribution is 5.94. The van der Waals surface area contributed by atoms with Gasteiger partial charge in [0.2, 0.25) is 17.7 Å². The number of fused-ring (bicyclic) bond motifs is 2. The van der Waals surface area contributed by atoms with Gasteiger partial charge >= 0.3 is 18.0 Å². The zero-order valence-corrected chi connectivity index (χ0v) is 41.6. The Morgan fingerprint density at radius 1 is 0.683 bits per heavy atom. The second-order valence-electron chi connectivity index (χ2n) is 24.5. The predicted molar refractivity (Wildman–Crippen MR) is 243 cm³/mol. The Kier molecular flexibility index (Phi) is 15.1. The fourth-order valence-corrected chi connectivity index (χ4v) is 10.2. The third-order valence-electron chi connectivity index (χ3n) is 14.3. The van der Waals surface area contributed by atoms with Crippen molar-refractivity contribution in [3.05, 3.63) is 0 Å². The van der Waals surface area contributed by atoms with Crippen molar-refractivity contribution in [1.29, 1.82) is 0 Å². The van der Waals surface area contributed by atoms with E-state index in [1.807, 2.05) is 83.1 Å². The van der Waals surface area contributed by atoms with Gasteiger partial charge < -0.3 is 52.0 Å². The molecule has 2 aliphatic heterocycles. The first-order valence-corrected chi connectivity index (χ1v) is 23.1. The van der Waals surface area contributed by atoms with Gasteiger partial charge in [-0.15, -0.1) is 0 Å². The monoisotopic (exact) mass is 889 g/mol. The number of piperidine rings is 2. The predicted octanol–water partition coefficient (Wildman–Crippen LogP) is 4.13. The Morgan fingerprint density at radius 2 is 1.08 bits per heavy atom. The van der Waals surface area contributed by atoms with Crippen molar-refractivity contribution in [3.8, 4) is 0 Å². The zero-order valence-electron chi connectivity index (χ0n) is 41.6. The summed E-state index contributed by atoms with van der Waals surface area (Å²) >= 11 is 0. The third kappa shape index (κ3) is 12.0. The van der Waals surface area contributed by atoms with E-state index in [-0.39, 0.29) is 64.7 Å². The molecule has 5 rings (SSSR count). The molecule has 3 saturated carbocycles. The van der Waals surface area contributed by atoms with E-state index in [9.17, 15) is 33.9 Å². The molecule has 16 nitrogen and oxygen atoms in total. The van der Waals surface area contributed by atoms with Crippen LogP contribution >= 0.6 is 0 Å². The highest BCUT2D eigenvalue weighted by Gasteiger charge is 2.71. The normalized spacial score (nSPS) is 27.7. The van der Waals surface area contributed by atoms with Crippen molar-refractivity contribution in [2.45, 2.75) is 184 Å². The van der Waals surface area contributed by atoms with Gasteiger partial charge in [0, 0.05) is 36.6 Å². The lowest BCUT2D eigenvalue weighted by Crippen LogP contribution is -2.62. The molecule has 0 aromatic carbocycles. The van der Waals surface area contributed by atoms with Gasteiger partial charge in [0.15, 0.2) is 0 Å². The molecule has 16 heteroatoms. The number of aliphatic hydroxyl groups excluding tert-OH is 1. The van der Waals surface area contributed by atoms with E-state index in [4.69, 9.17) is 10.5 Å². The summed E-state index contributed by atoms with van der Waals surface area (Å²) in [6.45, 7) is 32.3. The molecule has 8 N–H and O–H groups in total. The Labute approximate surface area is 377 Å². The topological polar surface area (TPSA) is 225 Å². The molecule has 5 fully saturated rings. The maximum Gasteiger partial charge on any atom is 0.328 e. The van der Waals surface area contributed by atoms with Crippen LogP contribution in [0, 0.1) is 51.2 Å². The van der Waals surface area contributed by atoms with Gasteiger partial charge in [-0.2, -0.15) is 0 Å². The van der Waals surface area contributed by atoms with E-state index < -0.39 is 70.3 Å². The lowest BCUT2D eigenvalue weighted by atomic mass is 9.80. The molecule has 0 aromatic rings. The molecule has 6 unspecified atom stereocenters. The smallest absolute Gasteiger partial charge is 0.328 e. The Bertz CT molecular complexity index is 1720. The Morgan fingerprint density at radius 3 is 1.41 bits per heavy atom. The van der Waals surface area contributed by atoms with Crippen LogP contribution in [0.5, 0.6) is 0 Å². The Balaban J connectivity index is 0.000000288. The van der Waals surface area contributed by atoms with Crippen LogP contribution in [0.2, 0.25) is 0 Å². The van der Waals surface area contributed by atoms with Crippen molar-refractivity contribution in [3.63, 3.8) is 0 Å². The van der Waals surface area contributed by atoms with Crippen molar-refractivity contribution in [2.24, 2.45) is 57.0 Å². The maximum atomic E-state index is 13.9. The summed E-state index contributed by atoms with van der Waals surface area (Å²) < 4.78 is 4.98. The maximum absolute atomic E-state index is 13.9. The molecule has 360 valence electrons. The second kappa shape index (κ2) is 18.3. The number of methoxy groups -OCH3 is 1. The number of esters is 1. The minimum atomic E-state index is -0.826. The van der Waals surface area contributed by atoms with Gasteiger partial charge in [0.1, 0.15) is 24.2 Å². The summed E-state index contributed by atoms with van der Waals surface area (Å²) in [5, 5.41) is 25.0. The largest absolute Gasteiger partial charge is 0.467 e. The molecule has 0 bridgehead atoms. The number of urea groups is 2. The average Bonchev–Trinajstić information content (AvgIpc) is 3.58. The average molecular weight is 889 g/mol. The molecule has 10 atom stereocenters. The number of likely N-dealkylation sites (tertiary alicyclic amines) is 2. The van der Waals surface area contributed by atoms with Gasteiger partial charge in [-0.3, -0.25) is 14.4 Å².